The predicted molar refractivity (Wildman–Crippen MR) is 102 cm³/mol. The maximum atomic E-state index is 12.6. The number of morpholine rings is 1. The van der Waals surface area contributed by atoms with Gasteiger partial charge in [0.15, 0.2) is 0 Å². The SMILES string of the molecule is CC(C)c1nc2ccc(NC(=O)N3CCO[C@@H](c4ccco4)C3)cc2s1. The predicted octanol–water partition coefficient (Wildman–Crippen LogP) is 4.62. The fourth-order valence-electron chi connectivity index (χ4n) is 2.95. The van der Waals surface area contributed by atoms with Crippen LogP contribution in [-0.4, -0.2) is 35.6 Å². The lowest BCUT2D eigenvalue weighted by atomic mass is 10.2. The maximum Gasteiger partial charge on any atom is 0.322 e. The van der Waals surface area contributed by atoms with Crippen molar-refractivity contribution in [3.05, 3.63) is 47.4 Å². The molecule has 6 nitrogen and oxygen atoms in total. The third kappa shape index (κ3) is 3.45. The molecule has 0 aliphatic carbocycles. The van der Waals surface area contributed by atoms with Crippen molar-refractivity contribution in [1.82, 2.24) is 9.88 Å². The summed E-state index contributed by atoms with van der Waals surface area (Å²) in [5.41, 5.74) is 1.75. The van der Waals surface area contributed by atoms with Crippen LogP contribution in [0.4, 0.5) is 10.5 Å². The molecule has 0 saturated carbocycles. The molecule has 1 N–H and O–H groups in total. The summed E-state index contributed by atoms with van der Waals surface area (Å²) < 4.78 is 12.2. The van der Waals surface area contributed by atoms with E-state index in [0.29, 0.717) is 25.6 Å². The lowest BCUT2D eigenvalue weighted by molar-refractivity contribution is -0.0242. The molecule has 1 saturated heterocycles. The molecule has 3 aromatic rings. The second kappa shape index (κ2) is 7.09. The number of carbonyl (C=O) groups excluding carboxylic acids is 1. The van der Waals surface area contributed by atoms with Crippen LogP contribution in [0.2, 0.25) is 0 Å². The molecule has 0 unspecified atom stereocenters. The van der Waals surface area contributed by atoms with E-state index in [0.717, 1.165) is 26.7 Å². The Balaban J connectivity index is 1.46. The van der Waals surface area contributed by atoms with Gasteiger partial charge in [-0.3, -0.25) is 0 Å². The number of hydrogen-bond donors (Lipinski definition) is 1. The van der Waals surface area contributed by atoms with Gasteiger partial charge in [0.1, 0.15) is 11.9 Å². The van der Waals surface area contributed by atoms with Gasteiger partial charge in [0.05, 0.1) is 34.6 Å². The van der Waals surface area contributed by atoms with Gasteiger partial charge in [0.25, 0.3) is 0 Å². The Labute approximate surface area is 155 Å². The molecule has 2 amide bonds. The third-order valence-electron chi connectivity index (χ3n) is 4.36. The van der Waals surface area contributed by atoms with Crippen LogP contribution in [0.25, 0.3) is 10.2 Å². The molecule has 1 atom stereocenters. The van der Waals surface area contributed by atoms with Gasteiger partial charge in [-0.2, -0.15) is 0 Å². The lowest BCUT2D eigenvalue weighted by Gasteiger charge is -2.32. The van der Waals surface area contributed by atoms with Gasteiger partial charge in [-0.15, -0.1) is 11.3 Å². The average Bonchev–Trinajstić information content (AvgIpc) is 3.31. The standard InChI is InChI=1S/C19H21N3O3S/c1-12(2)18-21-14-6-5-13(10-17(14)26-18)20-19(23)22-7-9-25-16(11-22)15-4-3-8-24-15/h3-6,8,10,12,16H,7,9,11H2,1-2H3,(H,20,23)/t16-/m1/s1. The molecule has 26 heavy (non-hydrogen) atoms. The quantitative estimate of drug-likeness (QED) is 0.729. The molecule has 0 radical (unpaired) electrons. The fourth-order valence-corrected chi connectivity index (χ4v) is 3.96. The summed E-state index contributed by atoms with van der Waals surface area (Å²) in [6.45, 7) is 5.79. The molecule has 4 rings (SSSR count). The van der Waals surface area contributed by atoms with Crippen LogP contribution < -0.4 is 5.32 Å². The zero-order chi connectivity index (χ0) is 18.1. The van der Waals surface area contributed by atoms with E-state index in [2.05, 4.69) is 24.1 Å². The molecule has 1 aliphatic rings. The molecule has 3 heterocycles. The molecule has 1 aromatic carbocycles. The highest BCUT2D eigenvalue weighted by Crippen LogP contribution is 2.29. The highest BCUT2D eigenvalue weighted by Gasteiger charge is 2.27. The van der Waals surface area contributed by atoms with Gasteiger partial charge in [-0.25, -0.2) is 9.78 Å². The number of carbonyl (C=O) groups is 1. The minimum Gasteiger partial charge on any atom is -0.467 e. The molecular weight excluding hydrogens is 350 g/mol. The number of furan rings is 1. The summed E-state index contributed by atoms with van der Waals surface area (Å²) in [5, 5.41) is 4.10. The normalized spacial score (nSPS) is 17.8. The highest BCUT2D eigenvalue weighted by molar-refractivity contribution is 7.18. The average molecular weight is 371 g/mol. The smallest absolute Gasteiger partial charge is 0.322 e. The zero-order valence-electron chi connectivity index (χ0n) is 14.8. The number of benzene rings is 1. The third-order valence-corrected chi connectivity index (χ3v) is 5.68. The molecule has 7 heteroatoms. The molecule has 0 spiro atoms. The van der Waals surface area contributed by atoms with E-state index < -0.39 is 0 Å². The topological polar surface area (TPSA) is 67.6 Å². The first-order valence-corrected chi connectivity index (χ1v) is 9.53. The van der Waals surface area contributed by atoms with Crippen molar-refractivity contribution < 1.29 is 13.9 Å². The molecule has 0 bridgehead atoms. The summed E-state index contributed by atoms with van der Waals surface area (Å²) in [6.07, 6.45) is 1.40. The summed E-state index contributed by atoms with van der Waals surface area (Å²) in [6, 6.07) is 9.41. The largest absolute Gasteiger partial charge is 0.467 e. The van der Waals surface area contributed by atoms with Crippen LogP contribution in [0.1, 0.15) is 36.6 Å². The van der Waals surface area contributed by atoms with Gasteiger partial charge in [0, 0.05) is 18.2 Å². The number of hydrogen-bond acceptors (Lipinski definition) is 5. The summed E-state index contributed by atoms with van der Waals surface area (Å²) in [5.74, 6) is 1.15. The van der Waals surface area contributed by atoms with Gasteiger partial charge in [0.2, 0.25) is 0 Å². The number of rotatable bonds is 3. The van der Waals surface area contributed by atoms with E-state index in [1.807, 2.05) is 30.3 Å². The Morgan fingerprint density at radius 2 is 2.27 bits per heavy atom. The monoisotopic (exact) mass is 371 g/mol. The maximum absolute atomic E-state index is 12.6. The van der Waals surface area contributed by atoms with Gasteiger partial charge in [-0.05, 0) is 30.3 Å². The van der Waals surface area contributed by atoms with Gasteiger partial charge >= 0.3 is 6.03 Å². The molecule has 1 fully saturated rings. The second-order valence-electron chi connectivity index (χ2n) is 6.64. The first-order chi connectivity index (χ1) is 12.6. The van der Waals surface area contributed by atoms with Crippen LogP contribution >= 0.6 is 11.3 Å². The highest BCUT2D eigenvalue weighted by atomic mass is 32.1. The number of thiazole rings is 1. The van der Waals surface area contributed by atoms with Crippen LogP contribution in [0, 0.1) is 0 Å². The van der Waals surface area contributed by atoms with Crippen LogP contribution in [0.15, 0.2) is 41.0 Å². The Morgan fingerprint density at radius 3 is 3.04 bits per heavy atom. The summed E-state index contributed by atoms with van der Waals surface area (Å²) in [7, 11) is 0. The van der Waals surface area contributed by atoms with E-state index in [4.69, 9.17) is 9.15 Å². The summed E-state index contributed by atoms with van der Waals surface area (Å²) in [4.78, 5) is 19.0. The van der Waals surface area contributed by atoms with E-state index in [1.165, 1.54) is 0 Å². The van der Waals surface area contributed by atoms with Crippen molar-refractivity contribution in [2.75, 3.05) is 25.0 Å². The van der Waals surface area contributed by atoms with Crippen LogP contribution in [0.3, 0.4) is 0 Å². The van der Waals surface area contributed by atoms with Crippen molar-refractivity contribution >= 4 is 33.3 Å². The molecule has 1 aliphatic heterocycles. The minimum atomic E-state index is -0.220. The first kappa shape index (κ1) is 17.1. The number of fused-ring (bicyclic) bond motifs is 1. The van der Waals surface area contributed by atoms with E-state index in [1.54, 1.807) is 22.5 Å². The Hall–Kier alpha value is -2.38. The number of urea groups is 1. The van der Waals surface area contributed by atoms with E-state index >= 15 is 0 Å². The Bertz CT molecular complexity index is 904. The first-order valence-electron chi connectivity index (χ1n) is 8.71. The Kier molecular flexibility index (Phi) is 4.65. The van der Waals surface area contributed by atoms with E-state index in [-0.39, 0.29) is 12.1 Å². The van der Waals surface area contributed by atoms with Crippen molar-refractivity contribution in [2.45, 2.75) is 25.9 Å². The number of amides is 2. The van der Waals surface area contributed by atoms with Crippen LogP contribution in [0.5, 0.6) is 0 Å². The lowest BCUT2D eigenvalue weighted by Crippen LogP contribution is -2.44. The fraction of sp³-hybridized carbons (Fsp3) is 0.368. The molecule has 2 aromatic heterocycles. The minimum absolute atomic E-state index is 0.127. The number of aromatic nitrogens is 1. The van der Waals surface area contributed by atoms with E-state index in [9.17, 15) is 4.79 Å². The summed E-state index contributed by atoms with van der Waals surface area (Å²) >= 11 is 1.67. The Morgan fingerprint density at radius 1 is 1.38 bits per heavy atom. The number of ether oxygens (including phenoxy) is 1. The number of anilines is 1. The van der Waals surface area contributed by atoms with Crippen molar-refractivity contribution in [3.63, 3.8) is 0 Å². The van der Waals surface area contributed by atoms with Crippen molar-refractivity contribution in [1.29, 1.82) is 0 Å². The number of nitrogens with zero attached hydrogens (tertiary/aromatic N) is 2. The zero-order valence-corrected chi connectivity index (χ0v) is 15.6. The van der Waals surface area contributed by atoms with Gasteiger partial charge in [-0.1, -0.05) is 13.8 Å². The van der Waals surface area contributed by atoms with Gasteiger partial charge < -0.3 is 19.4 Å². The molecule has 136 valence electrons. The van der Waals surface area contributed by atoms with Crippen molar-refractivity contribution in [2.24, 2.45) is 0 Å². The molecular formula is C19H21N3O3S. The van der Waals surface area contributed by atoms with Crippen molar-refractivity contribution in [3.8, 4) is 0 Å². The number of nitrogens with one attached hydrogen (secondary N) is 1. The second-order valence-corrected chi connectivity index (χ2v) is 7.70. The van der Waals surface area contributed by atoms with Crippen LogP contribution in [-0.2, 0) is 4.74 Å².